The SMILES string of the molecule is CCC1(C)CN(CCCCc2ccccc2)C(C)(C)CN1. The number of piperazine rings is 1. The Morgan fingerprint density at radius 3 is 2.48 bits per heavy atom. The summed E-state index contributed by atoms with van der Waals surface area (Å²) in [5.41, 5.74) is 2.03. The molecule has 0 saturated carbocycles. The number of aryl methyl sites for hydroxylation is 1. The van der Waals surface area contributed by atoms with Crippen LogP contribution in [0.1, 0.15) is 52.5 Å². The maximum Gasteiger partial charge on any atom is 0.0278 e. The van der Waals surface area contributed by atoms with E-state index >= 15 is 0 Å². The van der Waals surface area contributed by atoms with Gasteiger partial charge in [-0.05, 0) is 58.6 Å². The minimum absolute atomic E-state index is 0.279. The number of nitrogens with zero attached hydrogens (tertiary/aromatic N) is 1. The summed E-state index contributed by atoms with van der Waals surface area (Å²) in [6.07, 6.45) is 4.98. The van der Waals surface area contributed by atoms with Crippen LogP contribution in [0.15, 0.2) is 30.3 Å². The van der Waals surface area contributed by atoms with Crippen molar-refractivity contribution in [3.05, 3.63) is 35.9 Å². The summed E-state index contributed by atoms with van der Waals surface area (Å²) in [6, 6.07) is 10.9. The summed E-state index contributed by atoms with van der Waals surface area (Å²) >= 11 is 0. The van der Waals surface area contributed by atoms with Crippen LogP contribution in [-0.2, 0) is 6.42 Å². The molecule has 0 spiro atoms. The average molecular weight is 288 g/mol. The first-order valence-electron chi connectivity index (χ1n) is 8.49. The zero-order valence-electron chi connectivity index (χ0n) is 14.3. The second kappa shape index (κ2) is 6.93. The third kappa shape index (κ3) is 4.55. The van der Waals surface area contributed by atoms with Crippen LogP contribution < -0.4 is 5.32 Å². The molecule has 1 aromatic carbocycles. The van der Waals surface area contributed by atoms with Crippen molar-refractivity contribution in [2.45, 2.75) is 64.5 Å². The average Bonchev–Trinajstić information content (AvgIpc) is 2.48. The van der Waals surface area contributed by atoms with Gasteiger partial charge in [0.05, 0.1) is 0 Å². The molecule has 0 radical (unpaired) electrons. The number of hydrogen-bond acceptors (Lipinski definition) is 2. The topological polar surface area (TPSA) is 15.3 Å². The lowest BCUT2D eigenvalue weighted by Crippen LogP contribution is -2.67. The Bertz CT molecular complexity index is 426. The van der Waals surface area contributed by atoms with Crippen molar-refractivity contribution in [2.24, 2.45) is 0 Å². The Morgan fingerprint density at radius 2 is 1.81 bits per heavy atom. The van der Waals surface area contributed by atoms with Gasteiger partial charge in [0.15, 0.2) is 0 Å². The second-order valence-corrected chi connectivity index (χ2v) is 7.44. The molecule has 1 unspecified atom stereocenters. The predicted molar refractivity (Wildman–Crippen MR) is 91.7 cm³/mol. The quantitative estimate of drug-likeness (QED) is 0.800. The molecule has 1 fully saturated rings. The van der Waals surface area contributed by atoms with Crippen LogP contribution >= 0.6 is 0 Å². The molecule has 0 bridgehead atoms. The van der Waals surface area contributed by atoms with Gasteiger partial charge in [0.2, 0.25) is 0 Å². The number of unbranched alkanes of at least 4 members (excludes halogenated alkanes) is 1. The van der Waals surface area contributed by atoms with E-state index in [9.17, 15) is 0 Å². The monoisotopic (exact) mass is 288 g/mol. The molecular formula is C19H32N2. The maximum absolute atomic E-state index is 3.74. The van der Waals surface area contributed by atoms with E-state index in [4.69, 9.17) is 0 Å². The van der Waals surface area contributed by atoms with Gasteiger partial charge >= 0.3 is 0 Å². The minimum atomic E-state index is 0.279. The highest BCUT2D eigenvalue weighted by Crippen LogP contribution is 2.25. The van der Waals surface area contributed by atoms with E-state index in [-0.39, 0.29) is 11.1 Å². The lowest BCUT2D eigenvalue weighted by atomic mass is 9.88. The van der Waals surface area contributed by atoms with E-state index in [2.05, 4.69) is 68.2 Å². The standard InChI is InChI=1S/C19H32N2/c1-5-19(4)16-21(18(2,3)15-20-19)14-10-9-13-17-11-7-6-8-12-17/h6-8,11-12,20H,5,9-10,13-16H2,1-4H3. The molecule has 0 amide bonds. The molecule has 2 nitrogen and oxygen atoms in total. The molecule has 118 valence electrons. The zero-order valence-corrected chi connectivity index (χ0v) is 14.3. The van der Waals surface area contributed by atoms with E-state index in [0.717, 1.165) is 6.54 Å². The van der Waals surface area contributed by atoms with E-state index in [1.807, 2.05) is 0 Å². The number of hydrogen-bond donors (Lipinski definition) is 1. The highest BCUT2D eigenvalue weighted by atomic mass is 15.3. The van der Waals surface area contributed by atoms with E-state index < -0.39 is 0 Å². The van der Waals surface area contributed by atoms with E-state index in [1.165, 1.54) is 44.3 Å². The highest BCUT2D eigenvalue weighted by Gasteiger charge is 2.38. The molecule has 0 aliphatic carbocycles. The van der Waals surface area contributed by atoms with E-state index in [1.54, 1.807) is 0 Å². The normalized spacial score (nSPS) is 25.9. The fourth-order valence-corrected chi connectivity index (χ4v) is 3.13. The lowest BCUT2D eigenvalue weighted by Gasteiger charge is -2.51. The first-order valence-corrected chi connectivity index (χ1v) is 8.49. The number of nitrogens with one attached hydrogen (secondary N) is 1. The maximum atomic E-state index is 3.74. The Balaban J connectivity index is 1.80. The molecule has 1 atom stereocenters. The van der Waals surface area contributed by atoms with Crippen LogP contribution in [0.4, 0.5) is 0 Å². The summed E-state index contributed by atoms with van der Waals surface area (Å²) in [5, 5.41) is 3.74. The van der Waals surface area contributed by atoms with Gasteiger partial charge in [-0.1, -0.05) is 37.3 Å². The predicted octanol–water partition coefficient (Wildman–Crippen LogP) is 3.86. The highest BCUT2D eigenvalue weighted by molar-refractivity contribution is 5.14. The summed E-state index contributed by atoms with van der Waals surface area (Å²) < 4.78 is 0. The summed E-state index contributed by atoms with van der Waals surface area (Å²) in [5.74, 6) is 0. The molecule has 1 heterocycles. The lowest BCUT2D eigenvalue weighted by molar-refractivity contribution is 0.0301. The van der Waals surface area contributed by atoms with Gasteiger partial charge in [-0.3, -0.25) is 4.90 Å². The molecule has 2 heteroatoms. The molecule has 1 saturated heterocycles. The van der Waals surface area contributed by atoms with Crippen LogP contribution in [0.5, 0.6) is 0 Å². The molecule has 0 aromatic heterocycles. The van der Waals surface area contributed by atoms with Crippen molar-refractivity contribution in [1.29, 1.82) is 0 Å². The van der Waals surface area contributed by atoms with E-state index in [0.29, 0.717) is 0 Å². The Hall–Kier alpha value is -0.860. The van der Waals surface area contributed by atoms with Crippen LogP contribution in [0.2, 0.25) is 0 Å². The summed E-state index contributed by atoms with van der Waals surface area (Å²) in [6.45, 7) is 12.9. The van der Waals surface area contributed by atoms with Crippen LogP contribution in [0.3, 0.4) is 0 Å². The molecule has 1 N–H and O–H groups in total. The first-order chi connectivity index (χ1) is 9.95. The number of rotatable bonds is 6. The van der Waals surface area contributed by atoms with Crippen molar-refractivity contribution in [1.82, 2.24) is 10.2 Å². The minimum Gasteiger partial charge on any atom is -0.308 e. The zero-order chi connectivity index (χ0) is 15.3. The van der Waals surface area contributed by atoms with Gasteiger partial charge in [-0.25, -0.2) is 0 Å². The van der Waals surface area contributed by atoms with Crippen LogP contribution in [-0.4, -0.2) is 35.6 Å². The Morgan fingerprint density at radius 1 is 1.10 bits per heavy atom. The smallest absolute Gasteiger partial charge is 0.0278 e. The van der Waals surface area contributed by atoms with Crippen molar-refractivity contribution in [3.8, 4) is 0 Å². The van der Waals surface area contributed by atoms with Gasteiger partial charge in [-0.2, -0.15) is 0 Å². The van der Waals surface area contributed by atoms with Gasteiger partial charge in [0.25, 0.3) is 0 Å². The number of benzene rings is 1. The van der Waals surface area contributed by atoms with Crippen molar-refractivity contribution in [2.75, 3.05) is 19.6 Å². The second-order valence-electron chi connectivity index (χ2n) is 7.44. The molecular weight excluding hydrogens is 256 g/mol. The fourth-order valence-electron chi connectivity index (χ4n) is 3.13. The van der Waals surface area contributed by atoms with Crippen molar-refractivity contribution >= 4 is 0 Å². The fraction of sp³-hybridized carbons (Fsp3) is 0.684. The molecule has 1 aromatic rings. The van der Waals surface area contributed by atoms with Crippen molar-refractivity contribution < 1.29 is 0 Å². The Kier molecular flexibility index (Phi) is 5.45. The van der Waals surface area contributed by atoms with Gasteiger partial charge in [0.1, 0.15) is 0 Å². The molecule has 2 rings (SSSR count). The largest absolute Gasteiger partial charge is 0.308 e. The third-order valence-corrected chi connectivity index (χ3v) is 5.11. The molecule has 1 aliphatic heterocycles. The summed E-state index contributed by atoms with van der Waals surface area (Å²) in [4.78, 5) is 2.69. The van der Waals surface area contributed by atoms with Gasteiger partial charge in [-0.15, -0.1) is 0 Å². The van der Waals surface area contributed by atoms with Gasteiger partial charge in [0, 0.05) is 24.2 Å². The third-order valence-electron chi connectivity index (χ3n) is 5.11. The van der Waals surface area contributed by atoms with Crippen LogP contribution in [0, 0.1) is 0 Å². The first kappa shape index (κ1) is 16.5. The van der Waals surface area contributed by atoms with Crippen molar-refractivity contribution in [3.63, 3.8) is 0 Å². The van der Waals surface area contributed by atoms with Gasteiger partial charge < -0.3 is 5.32 Å². The van der Waals surface area contributed by atoms with Crippen LogP contribution in [0.25, 0.3) is 0 Å². The Labute approximate surface area is 130 Å². The molecule has 21 heavy (non-hydrogen) atoms. The summed E-state index contributed by atoms with van der Waals surface area (Å²) in [7, 11) is 0. The molecule has 1 aliphatic rings.